The zero-order chi connectivity index (χ0) is 13.8. The maximum Gasteiger partial charge on any atom is 0.276 e. The van der Waals surface area contributed by atoms with E-state index >= 15 is 0 Å². The summed E-state index contributed by atoms with van der Waals surface area (Å²) in [5, 5.41) is 20.1. The normalized spacial score (nSPS) is 20.4. The van der Waals surface area contributed by atoms with Crippen LogP contribution in [0.3, 0.4) is 0 Å². The van der Waals surface area contributed by atoms with Gasteiger partial charge in [-0.2, -0.15) is 0 Å². The molecule has 2 rings (SSSR count). The molecule has 1 saturated heterocycles. The van der Waals surface area contributed by atoms with Crippen molar-refractivity contribution in [2.45, 2.75) is 19.4 Å². The number of nitro benzene ring substituents is 1. The Labute approximate surface area is 110 Å². The highest BCUT2D eigenvalue weighted by Gasteiger charge is 2.24. The molecule has 19 heavy (non-hydrogen) atoms. The Bertz CT molecular complexity index is 467. The maximum atomic E-state index is 13.8. The Kier molecular flexibility index (Phi) is 4.44. The molecule has 0 spiro atoms. The van der Waals surface area contributed by atoms with Crippen molar-refractivity contribution >= 4 is 5.69 Å². The average Bonchev–Trinajstić information content (AvgIpc) is 2.41. The number of hydrogen-bond acceptors (Lipinski definition) is 4. The van der Waals surface area contributed by atoms with Crippen LogP contribution in [0, 0.1) is 21.8 Å². The molecule has 0 aromatic heterocycles. The zero-order valence-electron chi connectivity index (χ0n) is 10.6. The number of hydrogen-bond donors (Lipinski definition) is 1. The van der Waals surface area contributed by atoms with Crippen molar-refractivity contribution < 1.29 is 14.4 Å². The number of halogens is 1. The summed E-state index contributed by atoms with van der Waals surface area (Å²) >= 11 is 0. The predicted molar refractivity (Wildman–Crippen MR) is 68.1 cm³/mol. The van der Waals surface area contributed by atoms with Crippen LogP contribution < -0.4 is 0 Å². The molecule has 1 fully saturated rings. The lowest BCUT2D eigenvalue weighted by molar-refractivity contribution is -0.386. The highest BCUT2D eigenvalue weighted by Crippen LogP contribution is 2.25. The molecular formula is C13H17FN2O3. The highest BCUT2D eigenvalue weighted by atomic mass is 19.1. The minimum Gasteiger partial charge on any atom is -0.396 e. The highest BCUT2D eigenvalue weighted by molar-refractivity contribution is 5.40. The molecule has 1 aromatic carbocycles. The fourth-order valence-electron chi connectivity index (χ4n) is 2.54. The van der Waals surface area contributed by atoms with Crippen LogP contribution in [0.1, 0.15) is 18.4 Å². The SMILES string of the molecule is O=[N+]([O-])c1cccc(F)c1CN1CCCC(CO)C1. The van der Waals surface area contributed by atoms with Crippen molar-refractivity contribution in [1.82, 2.24) is 4.90 Å². The zero-order valence-corrected chi connectivity index (χ0v) is 10.6. The second kappa shape index (κ2) is 6.08. The third-order valence-electron chi connectivity index (χ3n) is 3.53. The van der Waals surface area contributed by atoms with E-state index in [2.05, 4.69) is 0 Å². The molecule has 1 N–H and O–H groups in total. The summed E-state index contributed by atoms with van der Waals surface area (Å²) in [5.74, 6) is -0.361. The van der Waals surface area contributed by atoms with E-state index in [0.717, 1.165) is 19.4 Å². The lowest BCUT2D eigenvalue weighted by atomic mass is 9.98. The summed E-state index contributed by atoms with van der Waals surface area (Å²) in [7, 11) is 0. The standard InChI is InChI=1S/C13H17FN2O3/c14-12-4-1-5-13(16(18)19)11(12)8-15-6-2-3-10(7-15)9-17/h1,4-5,10,17H,2-3,6-9H2. The van der Waals surface area contributed by atoms with Gasteiger partial charge in [-0.25, -0.2) is 4.39 Å². The number of aliphatic hydroxyl groups is 1. The molecule has 104 valence electrons. The molecule has 1 heterocycles. The van der Waals surface area contributed by atoms with E-state index < -0.39 is 10.7 Å². The van der Waals surface area contributed by atoms with E-state index in [1.165, 1.54) is 18.2 Å². The van der Waals surface area contributed by atoms with Gasteiger partial charge in [0.2, 0.25) is 0 Å². The summed E-state index contributed by atoms with van der Waals surface area (Å²) in [6, 6.07) is 3.92. The first-order valence-corrected chi connectivity index (χ1v) is 6.36. The van der Waals surface area contributed by atoms with E-state index in [1.807, 2.05) is 4.90 Å². The molecule has 0 amide bonds. The summed E-state index contributed by atoms with van der Waals surface area (Å²) < 4.78 is 13.8. The van der Waals surface area contributed by atoms with Gasteiger partial charge in [0.1, 0.15) is 5.82 Å². The van der Waals surface area contributed by atoms with E-state index in [1.54, 1.807) is 0 Å². The molecule has 0 saturated carbocycles. The fraction of sp³-hybridized carbons (Fsp3) is 0.538. The van der Waals surface area contributed by atoms with Crippen LogP contribution in [0.15, 0.2) is 18.2 Å². The molecule has 1 aliphatic heterocycles. The van der Waals surface area contributed by atoms with Gasteiger partial charge in [-0.3, -0.25) is 15.0 Å². The van der Waals surface area contributed by atoms with Gasteiger partial charge in [-0.1, -0.05) is 6.07 Å². The van der Waals surface area contributed by atoms with Crippen LogP contribution in [-0.4, -0.2) is 34.6 Å². The van der Waals surface area contributed by atoms with Crippen molar-refractivity contribution in [1.29, 1.82) is 0 Å². The lowest BCUT2D eigenvalue weighted by Gasteiger charge is -2.31. The molecule has 0 aliphatic carbocycles. The number of aliphatic hydroxyl groups excluding tert-OH is 1. The van der Waals surface area contributed by atoms with Gasteiger partial charge in [-0.05, 0) is 31.4 Å². The van der Waals surface area contributed by atoms with E-state index in [-0.39, 0.29) is 30.3 Å². The third-order valence-corrected chi connectivity index (χ3v) is 3.53. The van der Waals surface area contributed by atoms with Crippen LogP contribution >= 0.6 is 0 Å². The third kappa shape index (κ3) is 3.27. The van der Waals surface area contributed by atoms with Crippen LogP contribution in [-0.2, 0) is 6.54 Å². The maximum absolute atomic E-state index is 13.8. The summed E-state index contributed by atoms with van der Waals surface area (Å²) in [6.07, 6.45) is 1.87. The van der Waals surface area contributed by atoms with E-state index in [4.69, 9.17) is 5.11 Å². The second-order valence-electron chi connectivity index (χ2n) is 4.92. The molecule has 1 unspecified atom stereocenters. The molecular weight excluding hydrogens is 251 g/mol. The van der Waals surface area contributed by atoms with E-state index in [9.17, 15) is 14.5 Å². The first-order chi connectivity index (χ1) is 9.11. The van der Waals surface area contributed by atoms with Gasteiger partial charge >= 0.3 is 0 Å². The van der Waals surface area contributed by atoms with E-state index in [0.29, 0.717) is 6.54 Å². The number of piperidine rings is 1. The fourth-order valence-corrected chi connectivity index (χ4v) is 2.54. The Balaban J connectivity index is 2.16. The van der Waals surface area contributed by atoms with Crippen LogP contribution in [0.25, 0.3) is 0 Å². The minimum absolute atomic E-state index is 0.107. The van der Waals surface area contributed by atoms with Crippen molar-refractivity contribution in [2.24, 2.45) is 5.92 Å². The van der Waals surface area contributed by atoms with Crippen LogP contribution in [0.4, 0.5) is 10.1 Å². The number of rotatable bonds is 4. The van der Waals surface area contributed by atoms with Gasteiger partial charge in [0.15, 0.2) is 0 Å². The topological polar surface area (TPSA) is 66.6 Å². The molecule has 1 aromatic rings. The average molecular weight is 268 g/mol. The molecule has 6 heteroatoms. The van der Waals surface area contributed by atoms with Crippen molar-refractivity contribution in [3.63, 3.8) is 0 Å². The molecule has 0 bridgehead atoms. The molecule has 1 atom stereocenters. The number of nitro groups is 1. The van der Waals surface area contributed by atoms with Crippen molar-refractivity contribution in [2.75, 3.05) is 19.7 Å². The second-order valence-corrected chi connectivity index (χ2v) is 4.92. The predicted octanol–water partition coefficient (Wildman–Crippen LogP) is 1.94. The van der Waals surface area contributed by atoms with Crippen LogP contribution in [0.5, 0.6) is 0 Å². The molecule has 0 radical (unpaired) electrons. The summed E-state index contributed by atoms with van der Waals surface area (Å²) in [4.78, 5) is 12.3. The van der Waals surface area contributed by atoms with Gasteiger partial charge in [0.05, 0.1) is 10.5 Å². The van der Waals surface area contributed by atoms with Gasteiger partial charge in [-0.15, -0.1) is 0 Å². The largest absolute Gasteiger partial charge is 0.396 e. The quantitative estimate of drug-likeness (QED) is 0.669. The Hall–Kier alpha value is -1.53. The van der Waals surface area contributed by atoms with Gasteiger partial charge in [0.25, 0.3) is 5.69 Å². The summed E-state index contributed by atoms with van der Waals surface area (Å²) in [5.41, 5.74) is -0.0442. The van der Waals surface area contributed by atoms with Crippen LogP contribution in [0.2, 0.25) is 0 Å². The number of likely N-dealkylation sites (tertiary alicyclic amines) is 1. The Morgan fingerprint density at radius 1 is 1.53 bits per heavy atom. The van der Waals surface area contributed by atoms with Gasteiger partial charge in [0, 0.05) is 25.8 Å². The summed E-state index contributed by atoms with van der Waals surface area (Å²) in [6.45, 7) is 1.76. The Morgan fingerprint density at radius 2 is 2.32 bits per heavy atom. The first-order valence-electron chi connectivity index (χ1n) is 6.36. The number of nitrogens with zero attached hydrogens (tertiary/aromatic N) is 2. The minimum atomic E-state index is -0.550. The lowest BCUT2D eigenvalue weighted by Crippen LogP contribution is -2.36. The first kappa shape index (κ1) is 13.9. The van der Waals surface area contributed by atoms with Crippen molar-refractivity contribution in [3.8, 4) is 0 Å². The molecule has 5 nitrogen and oxygen atoms in total. The monoisotopic (exact) mass is 268 g/mol. The Morgan fingerprint density at radius 3 is 3.00 bits per heavy atom. The number of benzene rings is 1. The molecule has 1 aliphatic rings. The smallest absolute Gasteiger partial charge is 0.276 e. The van der Waals surface area contributed by atoms with Gasteiger partial charge < -0.3 is 5.11 Å². The van der Waals surface area contributed by atoms with Crippen molar-refractivity contribution in [3.05, 3.63) is 39.7 Å².